The molecule has 0 aliphatic carbocycles. The summed E-state index contributed by atoms with van der Waals surface area (Å²) in [7, 11) is -5.31. The fraction of sp³-hybridized carbons (Fsp3) is 0.647. The van der Waals surface area contributed by atoms with Gasteiger partial charge in [-0.3, -0.25) is 8.34 Å². The molecular weight excluding hydrogens is 307 g/mol. The van der Waals surface area contributed by atoms with Crippen LogP contribution in [0, 0.1) is 0 Å². The molecule has 1 rings (SSSR count). The first-order chi connectivity index (χ1) is 9.69. The number of hydrogen-bond acceptors (Lipinski definition) is 2. The van der Waals surface area contributed by atoms with Gasteiger partial charge in [-0.05, 0) is 32.9 Å². The highest BCUT2D eigenvalue weighted by molar-refractivity contribution is 6.91. The Labute approximate surface area is 138 Å². The van der Waals surface area contributed by atoms with Crippen molar-refractivity contribution in [3.63, 3.8) is 0 Å². The number of anilines is 1. The van der Waals surface area contributed by atoms with E-state index in [-0.39, 0.29) is 5.54 Å². The molecule has 2 nitrogen and oxygen atoms in total. The first-order valence-corrected chi connectivity index (χ1v) is 13.3. The fourth-order valence-corrected chi connectivity index (χ4v) is 12.7. The average Bonchev–Trinajstić information content (AvgIpc) is 2.24. The summed E-state index contributed by atoms with van der Waals surface area (Å²) in [6.45, 7) is 19.2. The molecule has 0 spiro atoms. The van der Waals surface area contributed by atoms with Crippen molar-refractivity contribution in [2.45, 2.75) is 71.8 Å². The lowest BCUT2D eigenvalue weighted by molar-refractivity contribution is 0.306. The van der Waals surface area contributed by atoms with Crippen LogP contribution in [0.3, 0.4) is 0 Å². The van der Waals surface area contributed by atoms with Crippen LogP contribution in [0.15, 0.2) is 30.3 Å². The van der Waals surface area contributed by atoms with E-state index in [0.717, 1.165) is 5.69 Å². The first kappa shape index (κ1) is 19.4. The summed E-state index contributed by atoms with van der Waals surface area (Å²) in [6, 6.07) is 9.78. The van der Waals surface area contributed by atoms with Crippen molar-refractivity contribution in [2.75, 3.05) is 4.98 Å². The summed E-state index contributed by atoms with van der Waals surface area (Å²) in [5.74, 6) is 0. The first-order valence-electron chi connectivity index (χ1n) is 8.02. The molecule has 0 aliphatic heterocycles. The van der Waals surface area contributed by atoms with E-state index in [4.69, 9.17) is 0 Å². The van der Waals surface area contributed by atoms with Crippen LogP contribution >= 0.6 is 0 Å². The molecular formula is C17H33FN2Si2. The van der Waals surface area contributed by atoms with E-state index in [1.807, 2.05) is 51.1 Å². The molecule has 126 valence electrons. The second kappa shape index (κ2) is 6.09. The standard InChI is InChI=1S/C17H33FN2Si2/c1-16(2,3)20(21(7,8)9)22(18,17(4,5)6)19-15-13-11-10-12-14-15/h10-14,19H,1-9H3. The third-order valence-corrected chi connectivity index (χ3v) is 12.6. The van der Waals surface area contributed by atoms with Crippen LogP contribution < -0.4 is 4.98 Å². The summed E-state index contributed by atoms with van der Waals surface area (Å²) in [6.07, 6.45) is 0. The molecule has 0 radical (unpaired) electrons. The topological polar surface area (TPSA) is 15.3 Å². The van der Waals surface area contributed by atoms with Gasteiger partial charge in [-0.25, -0.2) is 0 Å². The number of halogens is 1. The summed E-state index contributed by atoms with van der Waals surface area (Å²) >= 11 is 0. The molecule has 0 fully saturated rings. The summed E-state index contributed by atoms with van der Waals surface area (Å²) in [4.78, 5) is 3.34. The number of nitrogens with one attached hydrogen (secondary N) is 1. The summed E-state index contributed by atoms with van der Waals surface area (Å²) in [5, 5.41) is -0.434. The Bertz CT molecular complexity index is 472. The quantitative estimate of drug-likeness (QED) is 0.555. The van der Waals surface area contributed by atoms with Gasteiger partial charge in [0, 0.05) is 16.3 Å². The molecule has 0 heterocycles. The SMILES string of the molecule is CC(C)(C)N([Si](C)(C)C)[Si](F)(Nc1ccccc1)C(C)(C)C. The van der Waals surface area contributed by atoms with Crippen LogP contribution in [-0.2, 0) is 0 Å². The van der Waals surface area contributed by atoms with Gasteiger partial charge in [0.25, 0.3) is 0 Å². The van der Waals surface area contributed by atoms with Crippen LogP contribution in [-0.4, -0.2) is 26.7 Å². The van der Waals surface area contributed by atoms with Crippen LogP contribution in [0.5, 0.6) is 0 Å². The van der Waals surface area contributed by atoms with E-state index < -0.39 is 22.0 Å². The van der Waals surface area contributed by atoms with Crippen molar-refractivity contribution >= 4 is 22.7 Å². The Morgan fingerprint density at radius 1 is 0.909 bits per heavy atom. The number of rotatable bonds is 4. The smallest absolute Gasteiger partial charge is 0.374 e. The Balaban J connectivity index is 3.43. The number of hydrogen-bond donors (Lipinski definition) is 1. The van der Waals surface area contributed by atoms with Crippen molar-refractivity contribution < 1.29 is 4.11 Å². The molecule has 0 saturated carbocycles. The normalized spacial score (nSPS) is 16.5. The second-order valence-corrected chi connectivity index (χ2v) is 17.7. The molecule has 0 aromatic heterocycles. The predicted molar refractivity (Wildman–Crippen MR) is 102 cm³/mol. The van der Waals surface area contributed by atoms with E-state index in [1.165, 1.54) is 0 Å². The molecule has 1 aromatic rings. The molecule has 22 heavy (non-hydrogen) atoms. The minimum absolute atomic E-state index is 0.208. The van der Waals surface area contributed by atoms with E-state index in [9.17, 15) is 0 Å². The van der Waals surface area contributed by atoms with Gasteiger partial charge < -0.3 is 4.98 Å². The zero-order valence-electron chi connectivity index (χ0n) is 15.7. The Hall–Kier alpha value is -0.656. The van der Waals surface area contributed by atoms with Crippen LogP contribution in [0.4, 0.5) is 9.80 Å². The minimum Gasteiger partial charge on any atom is -0.374 e. The van der Waals surface area contributed by atoms with E-state index in [1.54, 1.807) is 0 Å². The van der Waals surface area contributed by atoms with Gasteiger partial charge in [0.15, 0.2) is 0 Å². The van der Waals surface area contributed by atoms with Crippen LogP contribution in [0.25, 0.3) is 0 Å². The van der Waals surface area contributed by atoms with E-state index in [0.29, 0.717) is 0 Å². The van der Waals surface area contributed by atoms with Crippen molar-refractivity contribution in [1.82, 2.24) is 4.23 Å². The zero-order valence-corrected chi connectivity index (χ0v) is 17.7. The summed E-state index contributed by atoms with van der Waals surface area (Å²) in [5.41, 5.74) is 0.666. The van der Waals surface area contributed by atoms with Gasteiger partial charge in [0.1, 0.15) is 8.24 Å². The van der Waals surface area contributed by atoms with Crippen molar-refractivity contribution in [3.8, 4) is 0 Å². The molecule has 0 amide bonds. The Kier molecular flexibility index (Phi) is 5.37. The van der Waals surface area contributed by atoms with Crippen molar-refractivity contribution in [2.24, 2.45) is 0 Å². The predicted octanol–water partition coefficient (Wildman–Crippen LogP) is 5.74. The average molecular weight is 341 g/mol. The third-order valence-electron chi connectivity index (χ3n) is 3.73. The van der Waals surface area contributed by atoms with Gasteiger partial charge in [-0.15, -0.1) is 0 Å². The van der Waals surface area contributed by atoms with Gasteiger partial charge in [0.2, 0.25) is 0 Å². The van der Waals surface area contributed by atoms with Crippen molar-refractivity contribution in [3.05, 3.63) is 30.3 Å². The fourth-order valence-electron chi connectivity index (χ4n) is 3.22. The maximum absolute atomic E-state index is 16.6. The Morgan fingerprint density at radius 2 is 1.36 bits per heavy atom. The highest BCUT2D eigenvalue weighted by Gasteiger charge is 2.59. The largest absolute Gasteiger partial charge is 0.427 e. The molecule has 0 aliphatic rings. The minimum atomic E-state index is -3.45. The highest BCUT2D eigenvalue weighted by atomic mass is 28.4. The lowest BCUT2D eigenvalue weighted by Crippen LogP contribution is -2.74. The highest BCUT2D eigenvalue weighted by Crippen LogP contribution is 2.45. The van der Waals surface area contributed by atoms with Gasteiger partial charge >= 0.3 is 8.73 Å². The maximum atomic E-state index is 16.6. The molecule has 1 unspecified atom stereocenters. The molecule has 0 saturated heterocycles. The van der Waals surface area contributed by atoms with Crippen LogP contribution in [0.1, 0.15) is 41.5 Å². The molecule has 1 N–H and O–H groups in total. The molecule has 0 bridgehead atoms. The van der Waals surface area contributed by atoms with Crippen LogP contribution in [0.2, 0.25) is 24.7 Å². The monoisotopic (exact) mass is 340 g/mol. The van der Waals surface area contributed by atoms with Gasteiger partial charge in [-0.1, -0.05) is 58.6 Å². The third kappa shape index (κ3) is 4.21. The lowest BCUT2D eigenvalue weighted by atomic mass is 10.1. The lowest BCUT2D eigenvalue weighted by Gasteiger charge is -2.55. The zero-order chi connectivity index (χ0) is 17.4. The molecule has 5 heteroatoms. The number of para-hydroxylation sites is 1. The molecule has 1 atom stereocenters. The number of nitrogens with zero attached hydrogens (tertiary/aromatic N) is 1. The second-order valence-electron chi connectivity index (χ2n) is 9.04. The number of benzene rings is 1. The van der Waals surface area contributed by atoms with Crippen molar-refractivity contribution in [1.29, 1.82) is 0 Å². The summed E-state index contributed by atoms with van der Waals surface area (Å²) < 4.78 is 18.9. The molecule has 1 aromatic carbocycles. The van der Waals surface area contributed by atoms with Gasteiger partial charge in [0.05, 0.1) is 0 Å². The Morgan fingerprint density at radius 3 is 1.68 bits per heavy atom. The maximum Gasteiger partial charge on any atom is 0.427 e. The van der Waals surface area contributed by atoms with E-state index >= 15 is 4.11 Å². The van der Waals surface area contributed by atoms with E-state index in [2.05, 4.69) is 49.6 Å². The van der Waals surface area contributed by atoms with Gasteiger partial charge in [-0.2, -0.15) is 0 Å².